The predicted octanol–water partition coefficient (Wildman–Crippen LogP) is 1.69. The van der Waals surface area contributed by atoms with Crippen LogP contribution in [-0.2, 0) is 34.7 Å². The first-order valence-electron chi connectivity index (χ1n) is 11.3. The van der Waals surface area contributed by atoms with Crippen LogP contribution in [0.1, 0.15) is 31.7 Å². The molecule has 1 saturated heterocycles. The number of hydrogen-bond acceptors (Lipinski definition) is 6. The highest BCUT2D eigenvalue weighted by Gasteiger charge is 2.42. The van der Waals surface area contributed by atoms with Gasteiger partial charge in [0.1, 0.15) is 10.7 Å². The Kier molecular flexibility index (Phi) is 5.51. The molecule has 1 aliphatic heterocycles. The smallest absolute Gasteiger partial charge is 0.331 e. The topological polar surface area (TPSA) is 105 Å². The van der Waals surface area contributed by atoms with Gasteiger partial charge in [-0.05, 0) is 36.8 Å². The fourth-order valence-corrected chi connectivity index (χ4v) is 6.60. The van der Waals surface area contributed by atoms with E-state index in [9.17, 15) is 18.0 Å². The number of ether oxygens (including phenoxy) is 1. The van der Waals surface area contributed by atoms with Gasteiger partial charge >= 0.3 is 5.69 Å². The zero-order valence-electron chi connectivity index (χ0n) is 19.2. The van der Waals surface area contributed by atoms with Gasteiger partial charge in [-0.2, -0.15) is 5.10 Å². The van der Waals surface area contributed by atoms with Crippen molar-refractivity contribution in [2.45, 2.75) is 44.2 Å². The molecule has 0 radical (unpaired) electrons. The van der Waals surface area contributed by atoms with Crippen LogP contribution in [0.15, 0.2) is 39.0 Å². The first-order chi connectivity index (χ1) is 16.1. The van der Waals surface area contributed by atoms with E-state index >= 15 is 4.39 Å². The van der Waals surface area contributed by atoms with Crippen molar-refractivity contribution >= 4 is 20.7 Å². The Hall–Kier alpha value is -2.79. The van der Waals surface area contributed by atoms with Crippen molar-refractivity contribution in [3.05, 3.63) is 56.7 Å². The summed E-state index contributed by atoms with van der Waals surface area (Å²) in [6.45, 7) is 3.10. The van der Waals surface area contributed by atoms with Gasteiger partial charge in [0.25, 0.3) is 5.56 Å². The second-order valence-corrected chi connectivity index (χ2v) is 11.9. The third-order valence-electron chi connectivity index (χ3n) is 6.82. The molecule has 2 fully saturated rings. The normalized spacial score (nSPS) is 19.7. The molecule has 5 rings (SSSR count). The number of aryl methyl sites for hydroxylation is 1. The quantitative estimate of drug-likeness (QED) is 0.499. The molecule has 1 aliphatic carbocycles. The third kappa shape index (κ3) is 4.22. The number of aromatic nitrogens is 4. The summed E-state index contributed by atoms with van der Waals surface area (Å²) in [6, 6.07) is 2.12. The molecule has 1 saturated carbocycles. The molecular weight excluding hydrogens is 463 g/mol. The van der Waals surface area contributed by atoms with Crippen LogP contribution in [-0.4, -0.2) is 46.3 Å². The number of hydrogen-bond donors (Lipinski definition) is 0. The monoisotopic (exact) mass is 490 g/mol. The molecule has 1 aromatic carbocycles. The fourth-order valence-electron chi connectivity index (χ4n) is 4.59. The average molecular weight is 491 g/mol. The standard InChI is InChI=1S/C23H27FN4O5S/c1-23(4-5-23)14-34(31,32)20-7-17-19(8-18(20)24)27(11-15-3-6-33-13-15)22(30)28(21(17)29)12-16-9-25-26(2)10-16/h7-10,15H,3-6,11-14H2,1-2H3. The molecule has 11 heteroatoms. The number of fused-ring (bicyclic) bond motifs is 1. The van der Waals surface area contributed by atoms with E-state index in [-0.39, 0.29) is 41.1 Å². The molecule has 0 amide bonds. The van der Waals surface area contributed by atoms with E-state index < -0.39 is 31.8 Å². The molecule has 34 heavy (non-hydrogen) atoms. The number of sulfone groups is 1. The van der Waals surface area contributed by atoms with Gasteiger partial charge in [0.15, 0.2) is 9.84 Å². The van der Waals surface area contributed by atoms with Crippen LogP contribution in [0.25, 0.3) is 10.9 Å². The minimum Gasteiger partial charge on any atom is -0.381 e. The number of halogens is 1. The first-order valence-corrected chi connectivity index (χ1v) is 13.0. The fraction of sp³-hybridized carbons (Fsp3) is 0.522. The molecule has 1 atom stereocenters. The largest absolute Gasteiger partial charge is 0.381 e. The molecular formula is C23H27FN4O5S. The summed E-state index contributed by atoms with van der Waals surface area (Å²) in [4.78, 5) is 26.3. The summed E-state index contributed by atoms with van der Waals surface area (Å²) in [5.41, 5.74) is -0.848. The van der Waals surface area contributed by atoms with Gasteiger partial charge in [-0.1, -0.05) is 6.92 Å². The summed E-state index contributed by atoms with van der Waals surface area (Å²) in [6.07, 6.45) is 5.53. The van der Waals surface area contributed by atoms with E-state index in [2.05, 4.69) is 5.10 Å². The lowest BCUT2D eigenvalue weighted by Gasteiger charge is -2.18. The van der Waals surface area contributed by atoms with E-state index in [1.807, 2.05) is 6.92 Å². The minimum absolute atomic E-state index is 0.00308. The third-order valence-corrected chi connectivity index (χ3v) is 8.88. The van der Waals surface area contributed by atoms with Gasteiger partial charge in [0.2, 0.25) is 0 Å². The molecule has 0 spiro atoms. The Balaban J connectivity index is 1.70. The summed E-state index contributed by atoms with van der Waals surface area (Å²) in [5.74, 6) is -1.09. The molecule has 2 aromatic heterocycles. The van der Waals surface area contributed by atoms with Crippen molar-refractivity contribution in [3.63, 3.8) is 0 Å². The highest BCUT2D eigenvalue weighted by molar-refractivity contribution is 7.91. The van der Waals surface area contributed by atoms with E-state index in [0.29, 0.717) is 18.8 Å². The Labute approximate surface area is 195 Å². The lowest BCUT2D eigenvalue weighted by atomic mass is 10.1. The van der Waals surface area contributed by atoms with Crippen LogP contribution >= 0.6 is 0 Å². The molecule has 3 aromatic rings. The number of benzene rings is 1. The number of rotatable bonds is 7. The zero-order valence-corrected chi connectivity index (χ0v) is 20.0. The van der Waals surface area contributed by atoms with Gasteiger partial charge in [0.05, 0.1) is 36.0 Å². The average Bonchev–Trinajstić information content (AvgIpc) is 3.14. The summed E-state index contributed by atoms with van der Waals surface area (Å²) in [7, 11) is -2.22. The van der Waals surface area contributed by atoms with Gasteiger partial charge < -0.3 is 4.74 Å². The maximum Gasteiger partial charge on any atom is 0.331 e. The van der Waals surface area contributed by atoms with Crippen LogP contribution in [0.3, 0.4) is 0 Å². The van der Waals surface area contributed by atoms with Crippen LogP contribution in [0.2, 0.25) is 0 Å². The first kappa shape index (κ1) is 23.0. The molecule has 9 nitrogen and oxygen atoms in total. The van der Waals surface area contributed by atoms with Crippen molar-refractivity contribution in [1.29, 1.82) is 0 Å². The maximum atomic E-state index is 15.2. The predicted molar refractivity (Wildman–Crippen MR) is 123 cm³/mol. The Bertz CT molecular complexity index is 1490. The van der Waals surface area contributed by atoms with E-state index in [1.165, 1.54) is 4.57 Å². The van der Waals surface area contributed by atoms with Gasteiger partial charge in [-0.15, -0.1) is 0 Å². The zero-order chi connectivity index (χ0) is 24.3. The van der Waals surface area contributed by atoms with Gasteiger partial charge in [-0.25, -0.2) is 17.6 Å². The summed E-state index contributed by atoms with van der Waals surface area (Å²) < 4.78 is 50.7. The Morgan fingerprint density at radius 3 is 2.62 bits per heavy atom. The van der Waals surface area contributed by atoms with Crippen molar-refractivity contribution in [2.24, 2.45) is 18.4 Å². The molecule has 3 heterocycles. The number of nitrogens with zero attached hydrogens (tertiary/aromatic N) is 4. The van der Waals surface area contributed by atoms with Gasteiger partial charge in [-0.3, -0.25) is 18.6 Å². The van der Waals surface area contributed by atoms with E-state index in [0.717, 1.165) is 36.0 Å². The second-order valence-electron chi connectivity index (χ2n) is 9.91. The lowest BCUT2D eigenvalue weighted by Crippen LogP contribution is -2.41. The summed E-state index contributed by atoms with van der Waals surface area (Å²) in [5, 5.41) is 4.09. The van der Waals surface area contributed by atoms with Crippen molar-refractivity contribution in [3.8, 4) is 0 Å². The molecule has 1 unspecified atom stereocenters. The SMILES string of the molecule is Cn1cc(Cn2c(=O)c3cc(S(=O)(=O)CC4(C)CC4)c(F)cc3n(CC3CCOC3)c2=O)cn1. The maximum absolute atomic E-state index is 15.2. The van der Waals surface area contributed by atoms with Crippen LogP contribution in [0, 0.1) is 17.2 Å². The van der Waals surface area contributed by atoms with Gasteiger partial charge in [0, 0.05) is 37.9 Å². The Morgan fingerprint density at radius 1 is 1.24 bits per heavy atom. The van der Waals surface area contributed by atoms with Crippen molar-refractivity contribution in [2.75, 3.05) is 19.0 Å². The molecule has 0 N–H and O–H groups in total. The Morgan fingerprint density at radius 2 is 2.00 bits per heavy atom. The minimum atomic E-state index is -3.95. The summed E-state index contributed by atoms with van der Waals surface area (Å²) >= 11 is 0. The highest BCUT2D eigenvalue weighted by Crippen LogP contribution is 2.47. The van der Waals surface area contributed by atoms with Crippen LogP contribution in [0.4, 0.5) is 4.39 Å². The highest BCUT2D eigenvalue weighted by atomic mass is 32.2. The van der Waals surface area contributed by atoms with Crippen molar-refractivity contribution in [1.82, 2.24) is 18.9 Å². The van der Waals surface area contributed by atoms with Crippen molar-refractivity contribution < 1.29 is 17.5 Å². The van der Waals surface area contributed by atoms with E-state index in [4.69, 9.17) is 4.74 Å². The van der Waals surface area contributed by atoms with Crippen LogP contribution < -0.4 is 11.2 Å². The second kappa shape index (κ2) is 8.16. The molecule has 182 valence electrons. The molecule has 0 bridgehead atoms. The molecule has 2 aliphatic rings. The van der Waals surface area contributed by atoms with E-state index in [1.54, 1.807) is 24.1 Å². The lowest BCUT2D eigenvalue weighted by molar-refractivity contribution is 0.182. The van der Waals surface area contributed by atoms with Crippen LogP contribution in [0.5, 0.6) is 0 Å².